The first-order valence-electron chi connectivity index (χ1n) is 11.1. The second-order valence-electron chi connectivity index (χ2n) is 9.48. The van der Waals surface area contributed by atoms with Crippen LogP contribution in [-0.4, -0.2) is 67.4 Å². The van der Waals surface area contributed by atoms with Crippen LogP contribution in [-0.2, 0) is 20.7 Å². The van der Waals surface area contributed by atoms with Crippen LogP contribution in [0.3, 0.4) is 0 Å². The van der Waals surface area contributed by atoms with Gasteiger partial charge in [-0.15, -0.1) is 0 Å². The second kappa shape index (κ2) is 11.4. The van der Waals surface area contributed by atoms with Gasteiger partial charge in [-0.1, -0.05) is 32.0 Å². The van der Waals surface area contributed by atoms with Gasteiger partial charge in [0.25, 0.3) is 0 Å². The predicted octanol–water partition coefficient (Wildman–Crippen LogP) is 0.258. The molecule has 1 aromatic carbocycles. The average Bonchev–Trinajstić information content (AvgIpc) is 2.75. The molecule has 2 unspecified atom stereocenters. The Bertz CT molecular complexity index is 846. The molecule has 0 radical (unpaired) electrons. The van der Waals surface area contributed by atoms with Crippen molar-refractivity contribution in [3.8, 4) is 0 Å². The highest BCUT2D eigenvalue weighted by Crippen LogP contribution is 2.32. The smallest absolute Gasteiger partial charge is 0.407 e. The Morgan fingerprint density at radius 2 is 1.97 bits per heavy atom. The third-order valence-electron chi connectivity index (χ3n) is 5.93. The minimum absolute atomic E-state index is 0.0917. The number of nitrogens with zero attached hydrogens (tertiary/aromatic N) is 1. The van der Waals surface area contributed by atoms with E-state index in [0.29, 0.717) is 19.4 Å². The lowest BCUT2D eigenvalue weighted by molar-refractivity contribution is -0.121. The number of carbonyl (C=O) groups excluding carboxylic acids is 3. The van der Waals surface area contributed by atoms with Crippen molar-refractivity contribution in [1.82, 2.24) is 10.6 Å². The monoisotopic (exact) mass is 463 g/mol. The number of primary amides is 1. The maximum atomic E-state index is 13.3. The van der Waals surface area contributed by atoms with Gasteiger partial charge in [-0.25, -0.2) is 4.79 Å². The highest BCUT2D eigenvalue weighted by Gasteiger charge is 2.34. The van der Waals surface area contributed by atoms with Crippen molar-refractivity contribution in [2.75, 3.05) is 25.1 Å². The molecular formula is C23H37N5O5. The molecule has 184 valence electrons. The van der Waals surface area contributed by atoms with Crippen molar-refractivity contribution in [2.24, 2.45) is 16.9 Å². The lowest BCUT2D eigenvalue weighted by Gasteiger charge is -2.37. The van der Waals surface area contributed by atoms with Gasteiger partial charge in [0.15, 0.2) is 0 Å². The molecule has 10 heteroatoms. The van der Waals surface area contributed by atoms with E-state index >= 15 is 0 Å². The van der Waals surface area contributed by atoms with E-state index in [1.807, 2.05) is 38.1 Å². The van der Waals surface area contributed by atoms with Crippen LogP contribution in [0.5, 0.6) is 0 Å². The molecule has 0 saturated heterocycles. The summed E-state index contributed by atoms with van der Waals surface area (Å²) in [6.45, 7) is 5.93. The lowest BCUT2D eigenvalue weighted by atomic mass is 9.80. The molecule has 7 N–H and O–H groups in total. The zero-order chi connectivity index (χ0) is 24.8. The van der Waals surface area contributed by atoms with Crippen molar-refractivity contribution >= 4 is 23.6 Å². The van der Waals surface area contributed by atoms with Crippen LogP contribution in [0.1, 0.15) is 39.2 Å². The summed E-state index contributed by atoms with van der Waals surface area (Å²) >= 11 is 0. The van der Waals surface area contributed by atoms with Crippen molar-refractivity contribution in [2.45, 2.75) is 64.3 Å². The van der Waals surface area contributed by atoms with Gasteiger partial charge in [0.2, 0.25) is 11.8 Å². The summed E-state index contributed by atoms with van der Waals surface area (Å²) < 4.78 is 4.71. The molecule has 0 bridgehead atoms. The molecule has 10 nitrogen and oxygen atoms in total. The van der Waals surface area contributed by atoms with Gasteiger partial charge in [-0.2, -0.15) is 0 Å². The zero-order valence-electron chi connectivity index (χ0n) is 19.8. The van der Waals surface area contributed by atoms with Gasteiger partial charge in [0.05, 0.1) is 25.3 Å². The topological polar surface area (TPSA) is 160 Å². The molecule has 1 aromatic rings. The molecule has 1 aliphatic heterocycles. The van der Waals surface area contributed by atoms with Gasteiger partial charge in [0, 0.05) is 31.2 Å². The standard InChI is InChI=1S/C23H37N5O5/c1-14(21(25)31)26-12-19(29)17(24)10-23(2,3)11-20(30)28-13-16(27-22(32)33-4)9-15-7-5-6-8-18(15)28/h5-8,14,16-17,19,26,29H,9-13,24H2,1-4H3,(H2,25,31)(H,27,32)/t14?,16?,17-,19-/m0/s1. The van der Waals surface area contributed by atoms with E-state index in [9.17, 15) is 19.5 Å². The first-order chi connectivity index (χ1) is 15.4. The van der Waals surface area contributed by atoms with Crippen molar-refractivity contribution in [1.29, 1.82) is 0 Å². The number of nitrogens with two attached hydrogens (primary N) is 2. The maximum absolute atomic E-state index is 13.3. The van der Waals surface area contributed by atoms with Crippen LogP contribution >= 0.6 is 0 Å². The molecule has 0 saturated carbocycles. The number of alkyl carbamates (subject to hydrolysis) is 1. The number of hydrogen-bond donors (Lipinski definition) is 5. The Hall–Kier alpha value is -2.69. The fourth-order valence-corrected chi connectivity index (χ4v) is 4.05. The van der Waals surface area contributed by atoms with Crippen LogP contribution in [0, 0.1) is 5.41 Å². The van der Waals surface area contributed by atoms with Gasteiger partial charge in [0.1, 0.15) is 0 Å². The van der Waals surface area contributed by atoms with Crippen LogP contribution < -0.4 is 27.0 Å². The number of hydrogen-bond acceptors (Lipinski definition) is 7. The van der Waals surface area contributed by atoms with Gasteiger partial charge in [-0.3, -0.25) is 9.59 Å². The van der Waals surface area contributed by atoms with E-state index in [4.69, 9.17) is 16.2 Å². The Morgan fingerprint density at radius 3 is 2.61 bits per heavy atom. The molecule has 0 fully saturated rings. The highest BCUT2D eigenvalue weighted by atomic mass is 16.5. The van der Waals surface area contributed by atoms with Crippen LogP contribution in [0.15, 0.2) is 24.3 Å². The molecule has 0 spiro atoms. The van der Waals surface area contributed by atoms with Crippen LogP contribution in [0.2, 0.25) is 0 Å². The number of aliphatic hydroxyl groups excluding tert-OH is 1. The van der Waals surface area contributed by atoms with Crippen molar-refractivity contribution in [3.05, 3.63) is 29.8 Å². The first kappa shape index (κ1) is 26.6. The van der Waals surface area contributed by atoms with E-state index < -0.39 is 35.6 Å². The fourth-order valence-electron chi connectivity index (χ4n) is 4.05. The molecule has 0 aromatic heterocycles. The van der Waals surface area contributed by atoms with E-state index in [1.54, 1.807) is 11.8 Å². The number of fused-ring (bicyclic) bond motifs is 1. The van der Waals surface area contributed by atoms with E-state index in [1.165, 1.54) is 7.11 Å². The van der Waals surface area contributed by atoms with Crippen molar-refractivity contribution in [3.63, 3.8) is 0 Å². The molecule has 0 aliphatic carbocycles. The fraction of sp³-hybridized carbons (Fsp3) is 0.609. The second-order valence-corrected chi connectivity index (χ2v) is 9.48. The number of methoxy groups -OCH3 is 1. The zero-order valence-corrected chi connectivity index (χ0v) is 19.8. The van der Waals surface area contributed by atoms with E-state index in [0.717, 1.165) is 11.3 Å². The third kappa shape index (κ3) is 7.69. The van der Waals surface area contributed by atoms with E-state index in [-0.39, 0.29) is 24.9 Å². The third-order valence-corrected chi connectivity index (χ3v) is 5.93. The predicted molar refractivity (Wildman–Crippen MR) is 125 cm³/mol. The summed E-state index contributed by atoms with van der Waals surface area (Å²) in [7, 11) is 1.30. The van der Waals surface area contributed by atoms with Crippen molar-refractivity contribution < 1.29 is 24.2 Å². The van der Waals surface area contributed by atoms with Crippen LogP contribution in [0.25, 0.3) is 0 Å². The lowest BCUT2D eigenvalue weighted by Crippen LogP contribution is -2.51. The number of para-hydroxylation sites is 1. The number of amides is 3. The SMILES string of the molecule is COC(=O)NC1Cc2ccccc2N(C(=O)CC(C)(C)C[C@H](N)[C@@H](O)CNC(C)C(N)=O)C1. The molecular weight excluding hydrogens is 426 g/mol. The molecule has 33 heavy (non-hydrogen) atoms. The first-order valence-corrected chi connectivity index (χ1v) is 11.1. The number of carbonyl (C=O) groups is 3. The van der Waals surface area contributed by atoms with Gasteiger partial charge in [-0.05, 0) is 36.8 Å². The molecule has 1 aliphatic rings. The Morgan fingerprint density at radius 1 is 1.30 bits per heavy atom. The summed E-state index contributed by atoms with van der Waals surface area (Å²) in [5.41, 5.74) is 12.7. The summed E-state index contributed by atoms with van der Waals surface area (Å²) in [4.78, 5) is 37.9. The number of anilines is 1. The average molecular weight is 464 g/mol. The Balaban J connectivity index is 2.03. The van der Waals surface area contributed by atoms with Gasteiger partial charge >= 0.3 is 6.09 Å². The minimum Gasteiger partial charge on any atom is -0.453 e. The minimum atomic E-state index is -0.898. The van der Waals surface area contributed by atoms with Crippen LogP contribution in [0.4, 0.5) is 10.5 Å². The summed E-state index contributed by atoms with van der Waals surface area (Å²) in [6.07, 6.45) is -0.229. The molecule has 1 heterocycles. The maximum Gasteiger partial charge on any atom is 0.407 e. The Kier molecular flexibility index (Phi) is 9.21. The van der Waals surface area contributed by atoms with E-state index in [2.05, 4.69) is 10.6 Å². The van der Waals surface area contributed by atoms with Gasteiger partial charge < -0.3 is 36.8 Å². The quantitative estimate of drug-likeness (QED) is 0.333. The summed E-state index contributed by atoms with van der Waals surface area (Å²) in [6, 6.07) is 6.19. The number of aliphatic hydroxyl groups is 1. The number of ether oxygens (including phenoxy) is 1. The normalized spacial score (nSPS) is 18.6. The number of nitrogens with one attached hydrogen (secondary N) is 2. The number of rotatable bonds is 10. The largest absolute Gasteiger partial charge is 0.453 e. The summed E-state index contributed by atoms with van der Waals surface area (Å²) in [5, 5.41) is 16.0. The molecule has 4 atom stereocenters. The molecule has 3 amide bonds. The highest BCUT2D eigenvalue weighted by molar-refractivity contribution is 5.95. The molecule has 2 rings (SSSR count). The number of benzene rings is 1. The Labute approximate surface area is 195 Å². The summed E-state index contributed by atoms with van der Waals surface area (Å²) in [5.74, 6) is -0.602.